The highest BCUT2D eigenvalue weighted by molar-refractivity contribution is 7.55. The second kappa shape index (κ2) is 11.8. The monoisotopic (exact) mass is 449 g/mol. The summed E-state index contributed by atoms with van der Waals surface area (Å²) in [4.78, 5) is 2.62. The number of hydrogen-bond acceptors (Lipinski definition) is 3. The normalized spacial score (nSPS) is 19.1. The summed E-state index contributed by atoms with van der Waals surface area (Å²) in [6, 6.07) is 13.7. The third kappa shape index (κ3) is 6.54. The molecule has 2 atom stereocenters. The highest BCUT2D eigenvalue weighted by atomic mass is 31.1. The molecule has 4 rings (SSSR count). The van der Waals surface area contributed by atoms with Gasteiger partial charge in [0.15, 0.2) is 6.79 Å². The van der Waals surface area contributed by atoms with Crippen LogP contribution in [-0.2, 0) is 17.7 Å². The second-order valence-corrected chi connectivity index (χ2v) is 10.3. The van der Waals surface area contributed by atoms with Gasteiger partial charge in [-0.3, -0.25) is 4.90 Å². The van der Waals surface area contributed by atoms with E-state index < -0.39 is 0 Å². The van der Waals surface area contributed by atoms with E-state index in [2.05, 4.69) is 72.5 Å². The molecule has 0 N–H and O–H groups in total. The minimum absolute atomic E-state index is 0.279. The van der Waals surface area contributed by atoms with E-state index >= 15 is 0 Å². The molecule has 0 spiro atoms. The summed E-state index contributed by atoms with van der Waals surface area (Å²) >= 11 is 0. The van der Waals surface area contributed by atoms with Gasteiger partial charge in [-0.2, -0.15) is 0 Å². The van der Waals surface area contributed by atoms with E-state index in [-0.39, 0.29) is 6.79 Å². The van der Waals surface area contributed by atoms with Crippen molar-refractivity contribution in [1.29, 1.82) is 0 Å². The third-order valence-electron chi connectivity index (χ3n) is 6.32. The van der Waals surface area contributed by atoms with Crippen LogP contribution < -0.4 is 15.3 Å². The van der Waals surface area contributed by atoms with E-state index in [1.807, 2.05) is 0 Å². The largest absolute Gasteiger partial charge is 0.467 e. The smallest absolute Gasteiger partial charge is 0.188 e. The standard InChI is InChI=1S/C28H36NO2P/c1-22-11-14-27(25(17-22)20-29-15-7-4-8-16-29)32-28-19-24(12-13-26(28)31-21-30-2)18-23-9-5-3-6-10-23/h3,5-6,9,11-14,17,19,23,32H,4,7-8,10,15-16,18,20-21H2,1-2H3. The van der Waals surface area contributed by atoms with Crippen molar-refractivity contribution in [3.8, 4) is 5.75 Å². The first-order valence-corrected chi connectivity index (χ1v) is 12.9. The number of piperidine rings is 1. The summed E-state index contributed by atoms with van der Waals surface area (Å²) in [5, 5.41) is 2.71. The number of likely N-dealkylation sites (tertiary alicyclic amines) is 1. The van der Waals surface area contributed by atoms with Crippen molar-refractivity contribution in [3.63, 3.8) is 0 Å². The van der Waals surface area contributed by atoms with Gasteiger partial charge in [0.2, 0.25) is 0 Å². The highest BCUT2D eigenvalue weighted by Gasteiger charge is 2.16. The van der Waals surface area contributed by atoms with Gasteiger partial charge < -0.3 is 9.47 Å². The third-order valence-corrected chi connectivity index (χ3v) is 7.73. The number of ether oxygens (including phenoxy) is 2. The summed E-state index contributed by atoms with van der Waals surface area (Å²) in [7, 11) is 2.25. The predicted molar refractivity (Wildman–Crippen MR) is 137 cm³/mol. The van der Waals surface area contributed by atoms with Gasteiger partial charge in [0.1, 0.15) is 5.75 Å². The van der Waals surface area contributed by atoms with Crippen molar-refractivity contribution >= 4 is 19.2 Å². The fraction of sp³-hybridized carbons (Fsp3) is 0.429. The molecule has 2 unspecified atom stereocenters. The van der Waals surface area contributed by atoms with Crippen LogP contribution in [0.15, 0.2) is 60.7 Å². The van der Waals surface area contributed by atoms with Crippen LogP contribution in [0, 0.1) is 12.8 Å². The molecule has 32 heavy (non-hydrogen) atoms. The lowest BCUT2D eigenvalue weighted by Gasteiger charge is -2.27. The first-order chi connectivity index (χ1) is 15.7. The van der Waals surface area contributed by atoms with Crippen molar-refractivity contribution in [1.82, 2.24) is 4.90 Å². The number of aryl methyl sites for hydroxylation is 1. The SMILES string of the molecule is COCOc1ccc(CC2C=CC=CC2)cc1Pc1ccc(C)cc1CN1CCCCC1. The number of nitrogens with zero attached hydrogens (tertiary/aromatic N) is 1. The lowest BCUT2D eigenvalue weighted by atomic mass is 9.93. The molecule has 3 nitrogen and oxygen atoms in total. The maximum atomic E-state index is 5.97. The Balaban J connectivity index is 1.57. The van der Waals surface area contributed by atoms with Gasteiger partial charge in [-0.15, -0.1) is 0 Å². The summed E-state index contributed by atoms with van der Waals surface area (Å²) in [5.74, 6) is 1.52. The number of rotatable bonds is 9. The molecule has 1 aliphatic carbocycles. The first kappa shape index (κ1) is 23.2. The summed E-state index contributed by atoms with van der Waals surface area (Å²) in [6.45, 7) is 5.97. The quantitative estimate of drug-likeness (QED) is 0.385. The molecule has 0 radical (unpaired) electrons. The maximum Gasteiger partial charge on any atom is 0.188 e. The Labute approximate surface area is 195 Å². The molecule has 1 aliphatic heterocycles. The molecule has 2 aliphatic rings. The van der Waals surface area contributed by atoms with Gasteiger partial charge in [-0.1, -0.05) is 69.1 Å². The van der Waals surface area contributed by atoms with Gasteiger partial charge in [-0.25, -0.2) is 0 Å². The molecule has 1 fully saturated rings. The van der Waals surface area contributed by atoms with Gasteiger partial charge >= 0.3 is 0 Å². The van der Waals surface area contributed by atoms with Crippen LogP contribution in [0.4, 0.5) is 0 Å². The van der Waals surface area contributed by atoms with Crippen LogP contribution in [0.1, 0.15) is 42.4 Å². The van der Waals surface area contributed by atoms with Gasteiger partial charge in [0.05, 0.1) is 0 Å². The Morgan fingerprint density at radius 2 is 1.88 bits per heavy atom. The molecule has 1 saturated heterocycles. The zero-order chi connectivity index (χ0) is 22.2. The molecule has 2 aromatic rings. The molecule has 0 bridgehead atoms. The zero-order valence-corrected chi connectivity index (χ0v) is 20.5. The number of benzene rings is 2. The minimum atomic E-state index is 0.279. The average molecular weight is 450 g/mol. The van der Waals surface area contributed by atoms with E-state index in [4.69, 9.17) is 9.47 Å². The molecule has 4 heteroatoms. The predicted octanol–water partition coefficient (Wildman–Crippen LogP) is 5.27. The van der Waals surface area contributed by atoms with E-state index in [0.717, 1.165) is 25.1 Å². The Morgan fingerprint density at radius 1 is 1.00 bits per heavy atom. The first-order valence-electron chi connectivity index (χ1n) is 11.9. The Morgan fingerprint density at radius 3 is 2.66 bits per heavy atom. The van der Waals surface area contributed by atoms with Gasteiger partial charge in [0.25, 0.3) is 0 Å². The number of allylic oxidation sites excluding steroid dienone is 4. The van der Waals surface area contributed by atoms with E-state index in [0.29, 0.717) is 14.5 Å². The number of hydrogen-bond donors (Lipinski definition) is 0. The molecule has 170 valence electrons. The van der Waals surface area contributed by atoms with Crippen LogP contribution in [0.3, 0.4) is 0 Å². The molecule has 2 aromatic carbocycles. The molecule has 1 heterocycles. The second-order valence-electron chi connectivity index (χ2n) is 9.02. The fourth-order valence-electron chi connectivity index (χ4n) is 4.61. The maximum absolute atomic E-state index is 5.97. The molecule has 0 amide bonds. The summed E-state index contributed by atoms with van der Waals surface area (Å²) in [5.41, 5.74) is 4.19. The van der Waals surface area contributed by atoms with E-state index in [9.17, 15) is 0 Å². The van der Waals surface area contributed by atoms with Gasteiger partial charge in [-0.05, 0) is 80.2 Å². The lowest BCUT2D eigenvalue weighted by Crippen LogP contribution is -2.30. The Bertz CT molecular complexity index is 946. The van der Waals surface area contributed by atoms with Crippen molar-refractivity contribution in [2.75, 3.05) is 27.0 Å². The van der Waals surface area contributed by atoms with Crippen LogP contribution >= 0.6 is 8.58 Å². The topological polar surface area (TPSA) is 21.7 Å². The molecule has 0 aromatic heterocycles. The molecule has 0 saturated carbocycles. The van der Waals surface area contributed by atoms with E-state index in [1.165, 1.54) is 59.7 Å². The fourth-order valence-corrected chi connectivity index (χ4v) is 5.92. The summed E-state index contributed by atoms with van der Waals surface area (Å²) < 4.78 is 11.2. The zero-order valence-electron chi connectivity index (χ0n) is 19.5. The average Bonchev–Trinajstić information content (AvgIpc) is 2.82. The molecular formula is C28H36NO2P. The van der Waals surface area contributed by atoms with Crippen LogP contribution in [-0.4, -0.2) is 31.9 Å². The minimum Gasteiger partial charge on any atom is -0.467 e. The van der Waals surface area contributed by atoms with Gasteiger partial charge in [0, 0.05) is 19.0 Å². The van der Waals surface area contributed by atoms with Crippen molar-refractivity contribution in [2.24, 2.45) is 5.92 Å². The van der Waals surface area contributed by atoms with Crippen molar-refractivity contribution < 1.29 is 9.47 Å². The van der Waals surface area contributed by atoms with Crippen LogP contribution in [0.2, 0.25) is 0 Å². The van der Waals surface area contributed by atoms with Crippen molar-refractivity contribution in [2.45, 2.75) is 45.6 Å². The van der Waals surface area contributed by atoms with E-state index in [1.54, 1.807) is 7.11 Å². The highest BCUT2D eigenvalue weighted by Crippen LogP contribution is 2.26. The number of methoxy groups -OCH3 is 1. The lowest BCUT2D eigenvalue weighted by molar-refractivity contribution is 0.0519. The van der Waals surface area contributed by atoms with Crippen molar-refractivity contribution in [3.05, 3.63) is 77.4 Å². The van der Waals surface area contributed by atoms with Crippen LogP contribution in [0.5, 0.6) is 5.75 Å². The Kier molecular flexibility index (Phi) is 8.56. The molecular weight excluding hydrogens is 413 g/mol. The Hall–Kier alpha value is -1.93. The van der Waals surface area contributed by atoms with Crippen LogP contribution in [0.25, 0.3) is 0 Å². The summed E-state index contributed by atoms with van der Waals surface area (Å²) in [6.07, 6.45) is 15.1.